The van der Waals surface area contributed by atoms with E-state index in [1.54, 1.807) is 31.2 Å². The molecular weight excluding hydrogens is 468 g/mol. The molecule has 3 aromatic carbocycles. The average molecular weight is 499 g/mol. The molecule has 1 fully saturated rings. The minimum atomic E-state index is -1.02. The molecule has 36 heavy (non-hydrogen) atoms. The Morgan fingerprint density at radius 3 is 2.19 bits per heavy atom. The van der Waals surface area contributed by atoms with Crippen molar-refractivity contribution in [1.29, 1.82) is 0 Å². The first kappa shape index (κ1) is 26.0. The van der Waals surface area contributed by atoms with Crippen molar-refractivity contribution in [2.45, 2.75) is 58.2 Å². The Balaban J connectivity index is 1.37. The van der Waals surface area contributed by atoms with E-state index >= 15 is 4.39 Å². The molecule has 0 bridgehead atoms. The largest absolute Gasteiger partial charge is 0.491 e. The Morgan fingerprint density at radius 1 is 0.806 bits per heavy atom. The van der Waals surface area contributed by atoms with Gasteiger partial charge in [-0.2, -0.15) is 4.39 Å². The summed E-state index contributed by atoms with van der Waals surface area (Å²) in [7, 11) is 0. The quantitative estimate of drug-likeness (QED) is 0.290. The van der Waals surface area contributed by atoms with Crippen molar-refractivity contribution in [1.82, 2.24) is 0 Å². The molecule has 0 aromatic heterocycles. The Labute approximate surface area is 209 Å². The van der Waals surface area contributed by atoms with Crippen LogP contribution in [0.5, 0.6) is 5.75 Å². The van der Waals surface area contributed by atoms with Crippen LogP contribution in [-0.2, 0) is 11.3 Å². The lowest BCUT2D eigenvalue weighted by molar-refractivity contribution is 0.0116. The fraction of sp³-hybridized carbons (Fsp3) is 0.333. The van der Waals surface area contributed by atoms with Crippen LogP contribution >= 0.6 is 0 Å². The molecule has 1 aliphatic carbocycles. The van der Waals surface area contributed by atoms with Crippen molar-refractivity contribution in [3.63, 3.8) is 0 Å². The second kappa shape index (κ2) is 11.7. The summed E-state index contributed by atoms with van der Waals surface area (Å²) in [4.78, 5) is 0. The van der Waals surface area contributed by atoms with E-state index in [1.807, 2.05) is 31.2 Å². The van der Waals surface area contributed by atoms with Crippen molar-refractivity contribution in [2.75, 3.05) is 6.61 Å². The van der Waals surface area contributed by atoms with Crippen LogP contribution in [0.2, 0.25) is 0 Å². The van der Waals surface area contributed by atoms with E-state index in [-0.39, 0.29) is 42.1 Å². The average Bonchev–Trinajstić information content (AvgIpc) is 2.89. The summed E-state index contributed by atoms with van der Waals surface area (Å²) in [6.45, 7) is 3.80. The van der Waals surface area contributed by atoms with Gasteiger partial charge in [-0.25, -0.2) is 13.2 Å². The lowest BCUT2D eigenvalue weighted by atomic mass is 9.82. The third-order valence-corrected chi connectivity index (χ3v) is 6.71. The van der Waals surface area contributed by atoms with E-state index in [0.717, 1.165) is 5.56 Å². The van der Waals surface area contributed by atoms with Crippen molar-refractivity contribution in [2.24, 2.45) is 0 Å². The molecule has 0 atom stereocenters. The van der Waals surface area contributed by atoms with Gasteiger partial charge in [0, 0.05) is 11.1 Å². The van der Waals surface area contributed by atoms with Crippen molar-refractivity contribution in [3.8, 4) is 16.9 Å². The molecule has 1 aliphatic rings. The standard InChI is InChI=1S/C30H30F4O2/c1-3-5-19-6-8-20(9-7-19)24-15-16-25(29(33)28(24)32)21-10-13-23(14-11-21)36-18-22-12-17-26(35-4-2)30(34)27(22)31/h3,5-9,12,15-17,21,23H,4,10-11,13-14,18H2,1-2H3/b5-3+. The molecule has 1 saturated carbocycles. The second-order valence-electron chi connectivity index (χ2n) is 9.02. The van der Waals surface area contributed by atoms with Crippen LogP contribution in [0.3, 0.4) is 0 Å². The summed E-state index contributed by atoms with van der Waals surface area (Å²) in [6, 6.07) is 13.5. The number of allylic oxidation sites excluding steroid dienone is 1. The highest BCUT2D eigenvalue weighted by atomic mass is 19.2. The molecule has 0 spiro atoms. The third kappa shape index (κ3) is 5.65. The molecule has 0 saturated heterocycles. The van der Waals surface area contributed by atoms with Crippen LogP contribution in [-0.4, -0.2) is 12.7 Å². The number of rotatable bonds is 8. The predicted octanol–water partition coefficient (Wildman–Crippen LogP) is 8.58. The van der Waals surface area contributed by atoms with Gasteiger partial charge in [0.1, 0.15) is 0 Å². The van der Waals surface area contributed by atoms with Crippen LogP contribution in [0, 0.1) is 23.3 Å². The summed E-state index contributed by atoms with van der Waals surface area (Å²) in [6.07, 6.45) is 6.20. The Bertz CT molecular complexity index is 1210. The second-order valence-corrected chi connectivity index (χ2v) is 9.02. The molecule has 0 amide bonds. The first-order chi connectivity index (χ1) is 17.4. The minimum absolute atomic E-state index is 0.0605. The van der Waals surface area contributed by atoms with Crippen LogP contribution in [0.15, 0.2) is 54.6 Å². The first-order valence-electron chi connectivity index (χ1n) is 12.3. The van der Waals surface area contributed by atoms with Gasteiger partial charge in [-0.15, -0.1) is 0 Å². The normalized spacial score (nSPS) is 18.1. The molecule has 0 heterocycles. The summed E-state index contributed by atoms with van der Waals surface area (Å²) in [5.41, 5.74) is 2.36. The molecule has 4 rings (SSSR count). The molecule has 2 nitrogen and oxygen atoms in total. The van der Waals surface area contributed by atoms with Crippen LogP contribution in [0.1, 0.15) is 62.1 Å². The molecule has 190 valence electrons. The van der Waals surface area contributed by atoms with E-state index in [9.17, 15) is 13.2 Å². The Hall–Kier alpha value is -3.12. The SMILES string of the molecule is C/C=C/c1ccc(-c2ccc(C3CCC(OCc4ccc(OCC)c(F)c4F)CC3)c(F)c2F)cc1. The maximum absolute atomic E-state index is 15.1. The highest BCUT2D eigenvalue weighted by Crippen LogP contribution is 2.38. The van der Waals surface area contributed by atoms with Crippen LogP contribution < -0.4 is 4.74 Å². The van der Waals surface area contributed by atoms with Gasteiger partial charge in [0.05, 0.1) is 19.3 Å². The highest BCUT2D eigenvalue weighted by molar-refractivity contribution is 5.67. The Morgan fingerprint density at radius 2 is 1.53 bits per heavy atom. The number of benzene rings is 3. The zero-order valence-electron chi connectivity index (χ0n) is 20.5. The van der Waals surface area contributed by atoms with Crippen LogP contribution in [0.4, 0.5) is 17.6 Å². The van der Waals surface area contributed by atoms with Gasteiger partial charge in [0.25, 0.3) is 0 Å². The van der Waals surface area contributed by atoms with Gasteiger partial charge < -0.3 is 9.47 Å². The molecule has 0 unspecified atom stereocenters. The third-order valence-electron chi connectivity index (χ3n) is 6.71. The summed E-state index contributed by atoms with van der Waals surface area (Å²) in [5, 5.41) is 0. The van der Waals surface area contributed by atoms with Gasteiger partial charge in [-0.1, -0.05) is 48.6 Å². The summed E-state index contributed by atoms with van der Waals surface area (Å²) >= 11 is 0. The molecule has 0 radical (unpaired) electrons. The molecule has 0 N–H and O–H groups in total. The topological polar surface area (TPSA) is 18.5 Å². The number of ether oxygens (including phenoxy) is 2. The van der Waals surface area contributed by atoms with Crippen LogP contribution in [0.25, 0.3) is 17.2 Å². The van der Waals surface area contributed by atoms with Gasteiger partial charge in [0.2, 0.25) is 5.82 Å². The fourth-order valence-corrected chi connectivity index (χ4v) is 4.77. The van der Waals surface area contributed by atoms with E-state index in [4.69, 9.17) is 9.47 Å². The van der Waals surface area contributed by atoms with Crippen molar-refractivity contribution < 1.29 is 27.0 Å². The fourth-order valence-electron chi connectivity index (χ4n) is 4.77. The molecule has 0 aliphatic heterocycles. The number of hydrogen-bond donors (Lipinski definition) is 0. The Kier molecular flexibility index (Phi) is 8.47. The number of halogens is 4. The predicted molar refractivity (Wildman–Crippen MR) is 134 cm³/mol. The molecule has 6 heteroatoms. The van der Waals surface area contributed by atoms with E-state index in [2.05, 4.69) is 0 Å². The van der Waals surface area contributed by atoms with Gasteiger partial charge >= 0.3 is 0 Å². The maximum Gasteiger partial charge on any atom is 0.200 e. The molecular formula is C30H30F4O2. The zero-order chi connectivity index (χ0) is 25.7. The van der Waals surface area contributed by atoms with Gasteiger partial charge in [-0.05, 0) is 74.3 Å². The minimum Gasteiger partial charge on any atom is -0.491 e. The smallest absolute Gasteiger partial charge is 0.200 e. The van der Waals surface area contributed by atoms with Gasteiger partial charge in [-0.3, -0.25) is 0 Å². The van der Waals surface area contributed by atoms with E-state index < -0.39 is 23.3 Å². The lowest BCUT2D eigenvalue weighted by Gasteiger charge is -2.29. The van der Waals surface area contributed by atoms with E-state index in [0.29, 0.717) is 36.8 Å². The maximum atomic E-state index is 15.1. The summed E-state index contributed by atoms with van der Waals surface area (Å²) < 4.78 is 69.3. The van der Waals surface area contributed by atoms with E-state index in [1.165, 1.54) is 12.1 Å². The highest BCUT2D eigenvalue weighted by Gasteiger charge is 2.27. The zero-order valence-corrected chi connectivity index (χ0v) is 20.5. The summed E-state index contributed by atoms with van der Waals surface area (Å²) in [5.74, 6) is -3.87. The molecule has 3 aromatic rings. The monoisotopic (exact) mass is 498 g/mol. The van der Waals surface area contributed by atoms with Crippen molar-refractivity contribution >= 4 is 6.08 Å². The first-order valence-corrected chi connectivity index (χ1v) is 12.3. The number of hydrogen-bond acceptors (Lipinski definition) is 2. The lowest BCUT2D eigenvalue weighted by Crippen LogP contribution is -2.21. The van der Waals surface area contributed by atoms with Crippen molar-refractivity contribution in [3.05, 3.63) is 94.6 Å². The van der Waals surface area contributed by atoms with Gasteiger partial charge in [0.15, 0.2) is 23.2 Å².